The summed E-state index contributed by atoms with van der Waals surface area (Å²) in [5.41, 5.74) is 8.14. The Morgan fingerprint density at radius 2 is 2.05 bits per heavy atom. The molecule has 0 saturated carbocycles. The summed E-state index contributed by atoms with van der Waals surface area (Å²) in [4.78, 5) is 3.82. The molecule has 0 radical (unpaired) electrons. The number of hydrogen-bond acceptors (Lipinski definition) is 5. The Morgan fingerprint density at radius 1 is 1.19 bits per heavy atom. The molecule has 0 aliphatic carbocycles. The Morgan fingerprint density at radius 3 is 2.81 bits per heavy atom. The second-order valence-electron chi connectivity index (χ2n) is 4.39. The van der Waals surface area contributed by atoms with Crippen molar-refractivity contribution >= 4 is 5.88 Å². The molecule has 0 fully saturated rings. The first-order valence-electron chi connectivity index (χ1n) is 6.19. The molecule has 0 bridgehead atoms. The largest absolute Gasteiger partial charge is 0.497 e. The maximum atomic E-state index is 13.3. The molecule has 0 atom stereocenters. The number of anilines is 1. The fourth-order valence-electron chi connectivity index (χ4n) is 2.10. The summed E-state index contributed by atoms with van der Waals surface area (Å²) in [6, 6.07) is 8.62. The Bertz CT molecular complexity index is 786. The molecule has 2 aromatic heterocycles. The second kappa shape index (κ2) is 5.24. The van der Waals surface area contributed by atoms with Crippen LogP contribution < -0.4 is 10.5 Å². The lowest BCUT2D eigenvalue weighted by Gasteiger charge is -2.05. The second-order valence-corrected chi connectivity index (χ2v) is 4.39. The summed E-state index contributed by atoms with van der Waals surface area (Å²) in [6.45, 7) is 0. The summed E-state index contributed by atoms with van der Waals surface area (Å²) < 4.78 is 23.6. The lowest BCUT2D eigenvalue weighted by molar-refractivity contribution is 0.415. The van der Waals surface area contributed by atoms with Gasteiger partial charge in [-0.25, -0.2) is 4.39 Å². The minimum absolute atomic E-state index is 0.155. The van der Waals surface area contributed by atoms with Gasteiger partial charge in [-0.1, -0.05) is 17.3 Å². The minimum atomic E-state index is -0.453. The fourth-order valence-corrected chi connectivity index (χ4v) is 2.10. The number of nitrogens with two attached hydrogens (primary N) is 1. The first-order valence-corrected chi connectivity index (χ1v) is 6.19. The number of nitrogen functional groups attached to an aromatic ring is 1. The van der Waals surface area contributed by atoms with E-state index in [9.17, 15) is 4.39 Å². The molecule has 2 heterocycles. The molecule has 0 aliphatic rings. The van der Waals surface area contributed by atoms with Gasteiger partial charge in [-0.05, 0) is 23.8 Å². The van der Waals surface area contributed by atoms with Crippen molar-refractivity contribution in [1.82, 2.24) is 10.1 Å². The zero-order valence-corrected chi connectivity index (χ0v) is 11.2. The van der Waals surface area contributed by atoms with E-state index >= 15 is 0 Å². The van der Waals surface area contributed by atoms with Gasteiger partial charge in [-0.2, -0.15) is 0 Å². The average molecular weight is 285 g/mol. The number of methoxy groups -OCH3 is 1. The van der Waals surface area contributed by atoms with Gasteiger partial charge in [0.1, 0.15) is 17.3 Å². The zero-order chi connectivity index (χ0) is 14.8. The third kappa shape index (κ3) is 2.43. The molecule has 0 unspecified atom stereocenters. The first kappa shape index (κ1) is 13.1. The van der Waals surface area contributed by atoms with Crippen LogP contribution in [0.5, 0.6) is 5.75 Å². The van der Waals surface area contributed by atoms with Crippen LogP contribution in [0.2, 0.25) is 0 Å². The smallest absolute Gasteiger partial charge is 0.230 e. The molecule has 21 heavy (non-hydrogen) atoms. The van der Waals surface area contributed by atoms with Crippen LogP contribution in [0.4, 0.5) is 10.3 Å². The molecule has 2 N–H and O–H groups in total. The summed E-state index contributed by atoms with van der Waals surface area (Å²) in [5, 5.41) is 3.91. The lowest BCUT2D eigenvalue weighted by Crippen LogP contribution is -1.90. The van der Waals surface area contributed by atoms with Crippen molar-refractivity contribution in [2.45, 2.75) is 0 Å². The summed E-state index contributed by atoms with van der Waals surface area (Å²) >= 11 is 0. The van der Waals surface area contributed by atoms with Gasteiger partial charge in [0, 0.05) is 11.8 Å². The molecular weight excluding hydrogens is 273 g/mol. The molecule has 1 aromatic carbocycles. The van der Waals surface area contributed by atoms with Gasteiger partial charge < -0.3 is 15.0 Å². The number of nitrogens with zero attached hydrogens (tertiary/aromatic N) is 2. The molecule has 106 valence electrons. The van der Waals surface area contributed by atoms with Crippen LogP contribution in [-0.4, -0.2) is 17.3 Å². The highest BCUT2D eigenvalue weighted by Crippen LogP contribution is 2.37. The van der Waals surface area contributed by atoms with Gasteiger partial charge in [0.05, 0.1) is 18.9 Å². The number of rotatable bonds is 3. The Kier molecular flexibility index (Phi) is 3.27. The third-order valence-electron chi connectivity index (χ3n) is 3.06. The van der Waals surface area contributed by atoms with Gasteiger partial charge in [0.25, 0.3) is 0 Å². The quantitative estimate of drug-likeness (QED) is 0.800. The van der Waals surface area contributed by atoms with Gasteiger partial charge >= 0.3 is 0 Å². The van der Waals surface area contributed by atoms with Gasteiger partial charge in [0.15, 0.2) is 0 Å². The highest BCUT2D eigenvalue weighted by Gasteiger charge is 2.18. The summed E-state index contributed by atoms with van der Waals surface area (Å²) in [5.74, 6) is 0.379. The molecule has 3 rings (SSSR count). The summed E-state index contributed by atoms with van der Waals surface area (Å²) in [7, 11) is 1.58. The predicted octanol–water partition coefficient (Wildman–Crippen LogP) is 3.13. The molecule has 0 aliphatic heterocycles. The third-order valence-corrected chi connectivity index (χ3v) is 3.06. The minimum Gasteiger partial charge on any atom is -0.497 e. The predicted molar refractivity (Wildman–Crippen MR) is 76.1 cm³/mol. The monoisotopic (exact) mass is 285 g/mol. The first-order chi connectivity index (χ1) is 10.2. The van der Waals surface area contributed by atoms with E-state index in [0.717, 1.165) is 11.8 Å². The van der Waals surface area contributed by atoms with E-state index in [-0.39, 0.29) is 5.88 Å². The van der Waals surface area contributed by atoms with Crippen LogP contribution in [0.1, 0.15) is 0 Å². The normalized spacial score (nSPS) is 10.6. The fraction of sp³-hybridized carbons (Fsp3) is 0.0667. The molecule has 5 nitrogen and oxygen atoms in total. The number of halogens is 1. The molecule has 0 spiro atoms. The van der Waals surface area contributed by atoms with Crippen LogP contribution in [0.25, 0.3) is 22.4 Å². The zero-order valence-electron chi connectivity index (χ0n) is 11.2. The Labute approximate surface area is 120 Å². The van der Waals surface area contributed by atoms with Crippen molar-refractivity contribution in [2.75, 3.05) is 12.8 Å². The van der Waals surface area contributed by atoms with E-state index in [1.54, 1.807) is 13.2 Å². The molecule has 0 amide bonds. The number of pyridine rings is 1. The molecule has 0 saturated heterocycles. The van der Waals surface area contributed by atoms with Crippen LogP contribution in [0, 0.1) is 5.82 Å². The van der Waals surface area contributed by atoms with Crippen molar-refractivity contribution in [3.63, 3.8) is 0 Å². The van der Waals surface area contributed by atoms with Gasteiger partial charge in [-0.15, -0.1) is 0 Å². The van der Waals surface area contributed by atoms with E-state index in [0.29, 0.717) is 22.6 Å². The lowest BCUT2D eigenvalue weighted by atomic mass is 10.0. The molecule has 6 heteroatoms. The number of hydrogen-bond donors (Lipinski definition) is 1. The summed E-state index contributed by atoms with van der Waals surface area (Å²) in [6.07, 6.45) is 2.63. The number of aromatic nitrogens is 2. The van der Waals surface area contributed by atoms with Crippen molar-refractivity contribution in [1.29, 1.82) is 0 Å². The highest BCUT2D eigenvalue weighted by molar-refractivity contribution is 5.86. The Balaban J connectivity index is 2.17. The number of benzene rings is 1. The van der Waals surface area contributed by atoms with Gasteiger partial charge in [0.2, 0.25) is 5.88 Å². The molecular formula is C15H12FN3O2. The van der Waals surface area contributed by atoms with Crippen LogP contribution in [0.3, 0.4) is 0 Å². The van der Waals surface area contributed by atoms with Crippen LogP contribution >= 0.6 is 0 Å². The SMILES string of the molecule is COc1cccc(-c2c(-c3cncc(F)c3)noc2N)c1. The maximum absolute atomic E-state index is 13.3. The van der Waals surface area contributed by atoms with E-state index in [4.69, 9.17) is 15.0 Å². The van der Waals surface area contributed by atoms with Crippen molar-refractivity contribution in [3.8, 4) is 28.1 Å². The van der Waals surface area contributed by atoms with E-state index < -0.39 is 5.82 Å². The average Bonchev–Trinajstić information content (AvgIpc) is 2.89. The van der Waals surface area contributed by atoms with Crippen LogP contribution in [0.15, 0.2) is 47.2 Å². The standard InChI is InChI=1S/C15H12FN3O2/c1-20-12-4-2-3-9(6-12)13-14(19-21-15(13)17)10-5-11(16)8-18-7-10/h2-8H,17H2,1H3. The maximum Gasteiger partial charge on any atom is 0.230 e. The van der Waals surface area contributed by atoms with E-state index in [1.807, 2.05) is 18.2 Å². The topological polar surface area (TPSA) is 74.2 Å². The van der Waals surface area contributed by atoms with E-state index in [1.165, 1.54) is 12.3 Å². The van der Waals surface area contributed by atoms with Gasteiger partial charge in [-0.3, -0.25) is 4.98 Å². The van der Waals surface area contributed by atoms with Crippen molar-refractivity contribution in [3.05, 3.63) is 48.5 Å². The highest BCUT2D eigenvalue weighted by atomic mass is 19.1. The molecule has 3 aromatic rings. The van der Waals surface area contributed by atoms with Crippen molar-refractivity contribution in [2.24, 2.45) is 0 Å². The number of ether oxygens (including phenoxy) is 1. The van der Waals surface area contributed by atoms with Crippen molar-refractivity contribution < 1.29 is 13.7 Å². The van der Waals surface area contributed by atoms with Crippen LogP contribution in [-0.2, 0) is 0 Å². The van der Waals surface area contributed by atoms with E-state index in [2.05, 4.69) is 10.1 Å². The Hall–Kier alpha value is -2.89.